The standard InChI is InChI=1S/C16H17N5O2S/c1-3-13-17-16(23-19-13)15-11-7-21(8-12(11)20(2)18-15)14(22)6-10-4-5-24-9-10/h4-5,9H,3,6-8H2,1-2H3. The van der Waals surface area contributed by atoms with Gasteiger partial charge in [0.15, 0.2) is 11.5 Å². The van der Waals surface area contributed by atoms with E-state index >= 15 is 0 Å². The Bertz CT molecular complexity index is 881. The normalized spacial score (nSPS) is 13.5. The summed E-state index contributed by atoms with van der Waals surface area (Å²) in [6, 6.07) is 1.99. The van der Waals surface area contributed by atoms with E-state index in [9.17, 15) is 4.79 Å². The maximum Gasteiger partial charge on any atom is 0.278 e. The number of amides is 1. The number of thiophene rings is 1. The molecule has 1 aliphatic rings. The van der Waals surface area contributed by atoms with Crippen molar-refractivity contribution in [1.82, 2.24) is 24.8 Å². The first-order valence-electron chi connectivity index (χ1n) is 7.82. The Balaban J connectivity index is 1.58. The molecule has 0 unspecified atom stereocenters. The molecule has 0 saturated heterocycles. The van der Waals surface area contributed by atoms with Crippen LogP contribution in [-0.2, 0) is 37.8 Å². The van der Waals surface area contributed by atoms with Gasteiger partial charge in [0.2, 0.25) is 5.91 Å². The molecule has 0 bridgehead atoms. The number of aromatic nitrogens is 4. The van der Waals surface area contributed by atoms with Crippen LogP contribution in [0.2, 0.25) is 0 Å². The zero-order chi connectivity index (χ0) is 16.7. The van der Waals surface area contributed by atoms with Crippen LogP contribution < -0.4 is 0 Å². The molecule has 8 heteroatoms. The van der Waals surface area contributed by atoms with Crippen molar-refractivity contribution in [2.45, 2.75) is 32.9 Å². The van der Waals surface area contributed by atoms with Crippen LogP contribution in [0.15, 0.2) is 21.3 Å². The van der Waals surface area contributed by atoms with E-state index in [0.29, 0.717) is 43.3 Å². The third-order valence-corrected chi connectivity index (χ3v) is 4.97. The van der Waals surface area contributed by atoms with Crippen LogP contribution in [0.4, 0.5) is 0 Å². The lowest BCUT2D eigenvalue weighted by molar-refractivity contribution is -0.131. The molecule has 1 aliphatic heterocycles. The molecule has 4 rings (SSSR count). The van der Waals surface area contributed by atoms with E-state index in [1.54, 1.807) is 16.0 Å². The van der Waals surface area contributed by atoms with Gasteiger partial charge in [-0.1, -0.05) is 12.1 Å². The van der Waals surface area contributed by atoms with Gasteiger partial charge in [0.1, 0.15) is 0 Å². The van der Waals surface area contributed by atoms with Gasteiger partial charge in [-0.05, 0) is 22.4 Å². The summed E-state index contributed by atoms with van der Waals surface area (Å²) in [5, 5.41) is 12.4. The molecule has 0 aromatic carbocycles. The molecule has 0 N–H and O–H groups in total. The van der Waals surface area contributed by atoms with Crippen molar-refractivity contribution in [1.29, 1.82) is 0 Å². The second-order valence-electron chi connectivity index (χ2n) is 5.82. The van der Waals surface area contributed by atoms with Crippen LogP contribution in [-0.4, -0.2) is 30.7 Å². The predicted octanol–water partition coefficient (Wildman–Crippen LogP) is 2.18. The topological polar surface area (TPSA) is 77.0 Å². The fourth-order valence-corrected chi connectivity index (χ4v) is 3.58. The highest BCUT2D eigenvalue weighted by atomic mass is 32.1. The second-order valence-corrected chi connectivity index (χ2v) is 6.60. The molecule has 0 atom stereocenters. The molecular weight excluding hydrogens is 326 g/mol. The van der Waals surface area contributed by atoms with Crippen molar-refractivity contribution in [2.75, 3.05) is 0 Å². The Morgan fingerprint density at radius 3 is 3.00 bits per heavy atom. The molecule has 4 heterocycles. The number of nitrogens with zero attached hydrogens (tertiary/aromatic N) is 5. The van der Waals surface area contributed by atoms with Gasteiger partial charge in [0.05, 0.1) is 25.2 Å². The average molecular weight is 343 g/mol. The van der Waals surface area contributed by atoms with E-state index in [1.165, 1.54) is 0 Å². The first-order valence-corrected chi connectivity index (χ1v) is 8.76. The molecule has 0 fully saturated rings. The SMILES string of the molecule is CCc1noc(-c2nn(C)c3c2CN(C(=O)Cc2ccsc2)C3)n1. The highest BCUT2D eigenvalue weighted by molar-refractivity contribution is 7.08. The summed E-state index contributed by atoms with van der Waals surface area (Å²) >= 11 is 1.61. The summed E-state index contributed by atoms with van der Waals surface area (Å²) in [6.07, 6.45) is 1.14. The van der Waals surface area contributed by atoms with Crippen molar-refractivity contribution in [3.05, 3.63) is 39.5 Å². The average Bonchev–Trinajstić information content (AvgIpc) is 3.32. The van der Waals surface area contributed by atoms with Crippen LogP contribution in [0.25, 0.3) is 11.6 Å². The van der Waals surface area contributed by atoms with Gasteiger partial charge in [0, 0.05) is 19.0 Å². The number of aryl methyl sites for hydroxylation is 2. The van der Waals surface area contributed by atoms with Gasteiger partial charge in [-0.15, -0.1) is 0 Å². The van der Waals surface area contributed by atoms with Crippen molar-refractivity contribution >= 4 is 17.2 Å². The van der Waals surface area contributed by atoms with E-state index < -0.39 is 0 Å². The minimum absolute atomic E-state index is 0.121. The minimum Gasteiger partial charge on any atom is -0.332 e. The van der Waals surface area contributed by atoms with Crippen LogP contribution in [0.1, 0.15) is 29.6 Å². The van der Waals surface area contributed by atoms with Crippen molar-refractivity contribution < 1.29 is 9.32 Å². The summed E-state index contributed by atoms with van der Waals surface area (Å²) in [5.74, 6) is 1.21. The summed E-state index contributed by atoms with van der Waals surface area (Å²) in [7, 11) is 1.88. The van der Waals surface area contributed by atoms with Crippen molar-refractivity contribution in [3.8, 4) is 11.6 Å². The molecule has 0 aliphatic carbocycles. The zero-order valence-electron chi connectivity index (χ0n) is 13.5. The van der Waals surface area contributed by atoms with Gasteiger partial charge in [-0.25, -0.2) is 0 Å². The van der Waals surface area contributed by atoms with Gasteiger partial charge in [0.25, 0.3) is 5.89 Å². The molecule has 1 amide bonds. The molecular formula is C16H17N5O2S. The molecule has 24 heavy (non-hydrogen) atoms. The van der Waals surface area contributed by atoms with Gasteiger partial charge in [-0.3, -0.25) is 9.48 Å². The van der Waals surface area contributed by atoms with Gasteiger partial charge >= 0.3 is 0 Å². The first kappa shape index (κ1) is 15.1. The molecule has 7 nitrogen and oxygen atoms in total. The zero-order valence-corrected chi connectivity index (χ0v) is 14.3. The highest BCUT2D eigenvalue weighted by Crippen LogP contribution is 2.31. The summed E-state index contributed by atoms with van der Waals surface area (Å²) in [4.78, 5) is 18.8. The Morgan fingerprint density at radius 2 is 2.29 bits per heavy atom. The molecule has 124 valence electrons. The number of carbonyl (C=O) groups is 1. The Morgan fingerprint density at radius 1 is 1.42 bits per heavy atom. The molecule has 0 saturated carbocycles. The second kappa shape index (κ2) is 5.86. The van der Waals surface area contributed by atoms with E-state index in [2.05, 4.69) is 15.2 Å². The summed E-state index contributed by atoms with van der Waals surface area (Å²) < 4.78 is 7.13. The highest BCUT2D eigenvalue weighted by Gasteiger charge is 2.32. The van der Waals surface area contributed by atoms with E-state index in [-0.39, 0.29) is 5.91 Å². The smallest absolute Gasteiger partial charge is 0.278 e. The number of hydrogen-bond acceptors (Lipinski definition) is 6. The number of carbonyl (C=O) groups excluding carboxylic acids is 1. The molecule has 0 radical (unpaired) electrons. The van der Waals surface area contributed by atoms with Crippen LogP contribution in [0.5, 0.6) is 0 Å². The predicted molar refractivity (Wildman–Crippen MR) is 88.2 cm³/mol. The first-order chi connectivity index (χ1) is 11.7. The van der Waals surface area contributed by atoms with Crippen LogP contribution in [0.3, 0.4) is 0 Å². The van der Waals surface area contributed by atoms with Gasteiger partial charge in [-0.2, -0.15) is 21.4 Å². The van der Waals surface area contributed by atoms with E-state index in [0.717, 1.165) is 16.8 Å². The maximum atomic E-state index is 12.5. The van der Waals surface area contributed by atoms with Crippen molar-refractivity contribution in [3.63, 3.8) is 0 Å². The fourth-order valence-electron chi connectivity index (χ4n) is 2.92. The Kier molecular flexibility index (Phi) is 3.68. The number of hydrogen-bond donors (Lipinski definition) is 0. The van der Waals surface area contributed by atoms with E-state index in [1.807, 2.05) is 35.7 Å². The molecule has 3 aromatic rings. The monoisotopic (exact) mass is 343 g/mol. The van der Waals surface area contributed by atoms with Gasteiger partial charge < -0.3 is 9.42 Å². The number of fused-ring (bicyclic) bond motifs is 1. The quantitative estimate of drug-likeness (QED) is 0.726. The molecule has 3 aromatic heterocycles. The lowest BCUT2D eigenvalue weighted by atomic mass is 10.2. The third-order valence-electron chi connectivity index (χ3n) is 4.24. The lowest BCUT2D eigenvalue weighted by Gasteiger charge is -2.15. The third kappa shape index (κ3) is 2.52. The Labute approximate surface area is 142 Å². The lowest BCUT2D eigenvalue weighted by Crippen LogP contribution is -2.27. The van der Waals surface area contributed by atoms with Crippen LogP contribution in [0, 0.1) is 0 Å². The maximum absolute atomic E-state index is 12.5. The minimum atomic E-state index is 0.121. The number of rotatable bonds is 4. The largest absolute Gasteiger partial charge is 0.332 e. The van der Waals surface area contributed by atoms with Crippen LogP contribution >= 0.6 is 11.3 Å². The Hall–Kier alpha value is -2.48. The molecule has 0 spiro atoms. The van der Waals surface area contributed by atoms with E-state index in [4.69, 9.17) is 4.52 Å². The van der Waals surface area contributed by atoms with Crippen molar-refractivity contribution in [2.24, 2.45) is 7.05 Å². The summed E-state index contributed by atoms with van der Waals surface area (Å²) in [5.41, 5.74) is 3.77. The summed E-state index contributed by atoms with van der Waals surface area (Å²) in [6.45, 7) is 3.07. The fraction of sp³-hybridized carbons (Fsp3) is 0.375.